The number of hydrogen-bond donors (Lipinski definition) is 1. The van der Waals surface area contributed by atoms with E-state index in [1.54, 1.807) is 18.2 Å². The van der Waals surface area contributed by atoms with Crippen LogP contribution in [0.1, 0.15) is 32.4 Å². The Labute approximate surface area is 105 Å². The predicted octanol–water partition coefficient (Wildman–Crippen LogP) is 2.66. The number of nitrogens with two attached hydrogens (primary N) is 1. The summed E-state index contributed by atoms with van der Waals surface area (Å²) in [5.74, 6) is -5.36. The Morgan fingerprint density at radius 1 is 1.22 bits per heavy atom. The van der Waals surface area contributed by atoms with Crippen LogP contribution in [0.2, 0.25) is 0 Å². The van der Waals surface area contributed by atoms with E-state index in [1.807, 2.05) is 0 Å². The van der Waals surface area contributed by atoms with Gasteiger partial charge in [-0.05, 0) is 26.3 Å². The minimum atomic E-state index is -3.76. The van der Waals surface area contributed by atoms with Crippen molar-refractivity contribution in [3.05, 3.63) is 35.9 Å². The van der Waals surface area contributed by atoms with Gasteiger partial charge in [-0.1, -0.05) is 30.3 Å². The van der Waals surface area contributed by atoms with E-state index in [0.29, 0.717) is 0 Å². The number of carbonyl (C=O) groups excluding carboxylic acids is 1. The first kappa shape index (κ1) is 14.6. The monoisotopic (exact) mass is 257 g/mol. The molecule has 1 aromatic rings. The molecule has 100 valence electrons. The number of carbonyl (C=O) groups is 1. The SMILES string of the molecule is CC(C)(C)OC(=O)C(F)(F)C(N)c1ccccc1. The molecule has 1 rings (SSSR count). The Hall–Kier alpha value is -1.49. The van der Waals surface area contributed by atoms with Gasteiger partial charge in [0.1, 0.15) is 11.6 Å². The molecular weight excluding hydrogens is 240 g/mol. The van der Waals surface area contributed by atoms with E-state index >= 15 is 0 Å². The molecule has 1 aromatic carbocycles. The van der Waals surface area contributed by atoms with Crippen molar-refractivity contribution in [3.8, 4) is 0 Å². The summed E-state index contributed by atoms with van der Waals surface area (Å²) in [5, 5.41) is 0. The minimum absolute atomic E-state index is 0.188. The molecule has 1 unspecified atom stereocenters. The zero-order chi connectivity index (χ0) is 14.0. The van der Waals surface area contributed by atoms with Gasteiger partial charge in [0.05, 0.1) is 0 Å². The molecule has 0 radical (unpaired) electrons. The van der Waals surface area contributed by atoms with E-state index in [-0.39, 0.29) is 5.56 Å². The number of benzene rings is 1. The van der Waals surface area contributed by atoms with Crippen LogP contribution in [0.3, 0.4) is 0 Å². The third-order valence-corrected chi connectivity index (χ3v) is 2.22. The van der Waals surface area contributed by atoms with Gasteiger partial charge >= 0.3 is 11.9 Å². The highest BCUT2D eigenvalue weighted by atomic mass is 19.3. The number of alkyl halides is 2. The lowest BCUT2D eigenvalue weighted by Crippen LogP contribution is -2.44. The maximum absolute atomic E-state index is 13.8. The van der Waals surface area contributed by atoms with Gasteiger partial charge in [0.15, 0.2) is 0 Å². The predicted molar refractivity (Wildman–Crippen MR) is 64.2 cm³/mol. The summed E-state index contributed by atoms with van der Waals surface area (Å²) < 4.78 is 32.3. The van der Waals surface area contributed by atoms with Crippen molar-refractivity contribution in [2.24, 2.45) is 5.73 Å². The summed E-state index contributed by atoms with van der Waals surface area (Å²) in [6.45, 7) is 4.57. The Kier molecular flexibility index (Phi) is 4.06. The third-order valence-electron chi connectivity index (χ3n) is 2.22. The van der Waals surface area contributed by atoms with Crippen molar-refractivity contribution in [1.82, 2.24) is 0 Å². The van der Waals surface area contributed by atoms with Crippen molar-refractivity contribution in [2.45, 2.75) is 38.3 Å². The van der Waals surface area contributed by atoms with Crippen LogP contribution in [0.25, 0.3) is 0 Å². The molecule has 0 aliphatic heterocycles. The first-order valence-corrected chi connectivity index (χ1v) is 5.56. The summed E-state index contributed by atoms with van der Waals surface area (Å²) in [7, 11) is 0. The van der Waals surface area contributed by atoms with Crippen LogP contribution in [-0.2, 0) is 9.53 Å². The minimum Gasteiger partial charge on any atom is -0.455 e. The quantitative estimate of drug-likeness (QED) is 0.847. The standard InChI is InChI=1S/C13H17F2NO2/c1-12(2,3)18-11(17)13(14,15)10(16)9-7-5-4-6-8-9/h4-8,10H,16H2,1-3H3. The number of hydrogen-bond acceptors (Lipinski definition) is 3. The molecule has 0 fully saturated rings. The summed E-state index contributed by atoms with van der Waals surface area (Å²) >= 11 is 0. The van der Waals surface area contributed by atoms with E-state index in [1.165, 1.54) is 32.9 Å². The Morgan fingerprint density at radius 2 is 1.72 bits per heavy atom. The van der Waals surface area contributed by atoms with Gasteiger partial charge in [-0.2, -0.15) is 8.78 Å². The van der Waals surface area contributed by atoms with E-state index in [4.69, 9.17) is 5.73 Å². The molecule has 0 bridgehead atoms. The number of halogens is 2. The topological polar surface area (TPSA) is 52.3 Å². The van der Waals surface area contributed by atoms with Crippen LogP contribution in [-0.4, -0.2) is 17.5 Å². The lowest BCUT2D eigenvalue weighted by Gasteiger charge is -2.27. The summed E-state index contributed by atoms with van der Waals surface area (Å²) in [4.78, 5) is 11.4. The lowest BCUT2D eigenvalue weighted by atomic mass is 10.0. The molecule has 0 aliphatic carbocycles. The van der Waals surface area contributed by atoms with Crippen molar-refractivity contribution >= 4 is 5.97 Å². The molecule has 0 aromatic heterocycles. The number of ether oxygens (including phenoxy) is 1. The van der Waals surface area contributed by atoms with Crippen molar-refractivity contribution in [3.63, 3.8) is 0 Å². The van der Waals surface area contributed by atoms with Crippen LogP contribution in [0, 0.1) is 0 Å². The van der Waals surface area contributed by atoms with E-state index in [0.717, 1.165) is 0 Å². The van der Waals surface area contributed by atoms with Crippen LogP contribution in [0.5, 0.6) is 0 Å². The van der Waals surface area contributed by atoms with Gasteiger partial charge in [-0.25, -0.2) is 4.79 Å². The van der Waals surface area contributed by atoms with E-state index in [9.17, 15) is 13.6 Å². The van der Waals surface area contributed by atoms with Gasteiger partial charge in [-0.3, -0.25) is 0 Å². The molecule has 0 spiro atoms. The van der Waals surface area contributed by atoms with E-state index < -0.39 is 23.5 Å². The fraction of sp³-hybridized carbons (Fsp3) is 0.462. The Bertz CT molecular complexity index is 413. The van der Waals surface area contributed by atoms with Crippen LogP contribution in [0.15, 0.2) is 30.3 Å². The first-order valence-electron chi connectivity index (χ1n) is 5.56. The Balaban J connectivity index is 2.89. The molecule has 3 nitrogen and oxygen atoms in total. The van der Waals surface area contributed by atoms with Crippen molar-refractivity contribution in [2.75, 3.05) is 0 Å². The fourth-order valence-electron chi connectivity index (χ4n) is 1.34. The van der Waals surface area contributed by atoms with Crippen molar-refractivity contribution < 1.29 is 18.3 Å². The van der Waals surface area contributed by atoms with Gasteiger partial charge in [-0.15, -0.1) is 0 Å². The van der Waals surface area contributed by atoms with Gasteiger partial charge in [0.25, 0.3) is 0 Å². The molecule has 0 amide bonds. The van der Waals surface area contributed by atoms with Gasteiger partial charge in [0.2, 0.25) is 0 Å². The molecule has 1 atom stereocenters. The number of rotatable bonds is 3. The average Bonchev–Trinajstić information content (AvgIpc) is 2.27. The first-order chi connectivity index (χ1) is 8.14. The van der Waals surface area contributed by atoms with Crippen LogP contribution < -0.4 is 5.73 Å². The zero-order valence-electron chi connectivity index (χ0n) is 10.6. The Morgan fingerprint density at radius 3 is 2.17 bits per heavy atom. The zero-order valence-corrected chi connectivity index (χ0v) is 10.6. The molecule has 0 saturated carbocycles. The molecule has 0 saturated heterocycles. The second-order valence-electron chi connectivity index (χ2n) is 5.01. The molecule has 0 heterocycles. The smallest absolute Gasteiger partial charge is 0.379 e. The largest absolute Gasteiger partial charge is 0.455 e. The van der Waals surface area contributed by atoms with Gasteiger partial charge < -0.3 is 10.5 Å². The second kappa shape index (κ2) is 5.02. The normalized spacial score (nSPS) is 14.1. The summed E-state index contributed by atoms with van der Waals surface area (Å²) in [6.07, 6.45) is 0. The average molecular weight is 257 g/mol. The maximum Gasteiger partial charge on any atom is 0.379 e. The lowest BCUT2D eigenvalue weighted by molar-refractivity contribution is -0.186. The molecule has 5 heteroatoms. The molecule has 0 aliphatic rings. The summed E-state index contributed by atoms with van der Waals surface area (Å²) in [6, 6.07) is 6.03. The molecular formula is C13H17F2NO2. The second-order valence-corrected chi connectivity index (χ2v) is 5.01. The molecule has 18 heavy (non-hydrogen) atoms. The van der Waals surface area contributed by atoms with Gasteiger partial charge in [0, 0.05) is 0 Å². The third kappa shape index (κ3) is 3.50. The molecule has 2 N–H and O–H groups in total. The van der Waals surface area contributed by atoms with E-state index in [2.05, 4.69) is 4.74 Å². The van der Waals surface area contributed by atoms with Crippen LogP contribution >= 0.6 is 0 Å². The fourth-order valence-corrected chi connectivity index (χ4v) is 1.34. The van der Waals surface area contributed by atoms with Crippen LogP contribution in [0.4, 0.5) is 8.78 Å². The highest BCUT2D eigenvalue weighted by Gasteiger charge is 2.49. The number of esters is 1. The summed E-state index contributed by atoms with van der Waals surface area (Å²) in [5.41, 5.74) is 4.65. The highest BCUT2D eigenvalue weighted by molar-refractivity contribution is 5.79. The maximum atomic E-state index is 13.8. The highest BCUT2D eigenvalue weighted by Crippen LogP contribution is 2.31. The van der Waals surface area contributed by atoms with Crippen molar-refractivity contribution in [1.29, 1.82) is 0 Å².